The summed E-state index contributed by atoms with van der Waals surface area (Å²) in [4.78, 5) is 31.5. The number of rotatable bonds is 3. The first-order valence-electron chi connectivity index (χ1n) is 10.6. The smallest absolute Gasteiger partial charge is 0.243 e. The lowest BCUT2D eigenvalue weighted by Crippen LogP contribution is -2.58. The van der Waals surface area contributed by atoms with Crippen LogP contribution in [0.5, 0.6) is 0 Å². The number of fused-ring (bicyclic) bond motifs is 1. The highest BCUT2D eigenvalue weighted by Crippen LogP contribution is 2.40. The zero-order chi connectivity index (χ0) is 18.1. The van der Waals surface area contributed by atoms with Gasteiger partial charge >= 0.3 is 0 Å². The van der Waals surface area contributed by atoms with Gasteiger partial charge in [0.1, 0.15) is 5.54 Å². The van der Waals surface area contributed by atoms with Crippen molar-refractivity contribution in [1.29, 1.82) is 0 Å². The molecule has 4 heterocycles. The van der Waals surface area contributed by atoms with E-state index < -0.39 is 0 Å². The third kappa shape index (κ3) is 3.38. The Balaban J connectivity index is 1.39. The standard InChI is InChI=1S/C20H34N4O2/c1-16(25)22-12-6-17(7-13-22)21-18-14-20(8-2-3-11-24(20)15-18)19(26)23-9-4-5-10-23/h17-18,21H,2-15H2,1H3/t18-,20-/m0/s1. The topological polar surface area (TPSA) is 55.9 Å². The Labute approximate surface area is 157 Å². The number of nitrogens with zero attached hydrogens (tertiary/aromatic N) is 3. The highest BCUT2D eigenvalue weighted by atomic mass is 16.2. The van der Waals surface area contributed by atoms with E-state index in [9.17, 15) is 9.59 Å². The fraction of sp³-hybridized carbons (Fsp3) is 0.900. The number of carbonyl (C=O) groups is 2. The first kappa shape index (κ1) is 18.2. The highest BCUT2D eigenvalue weighted by molar-refractivity contribution is 5.87. The molecule has 0 aromatic heterocycles. The zero-order valence-electron chi connectivity index (χ0n) is 16.2. The summed E-state index contributed by atoms with van der Waals surface area (Å²) in [5.74, 6) is 0.599. The second-order valence-electron chi connectivity index (χ2n) is 8.78. The molecular formula is C20H34N4O2. The van der Waals surface area contributed by atoms with Crippen LogP contribution in [0.3, 0.4) is 0 Å². The molecule has 0 bridgehead atoms. The SMILES string of the molecule is CC(=O)N1CCC(N[C@@H]2CN3CCCC[C@@]3(C(=O)N3CCCC3)C2)CC1. The molecule has 0 aromatic carbocycles. The minimum absolute atomic E-state index is 0.191. The molecular weight excluding hydrogens is 328 g/mol. The predicted octanol–water partition coefficient (Wildman–Crippen LogP) is 1.21. The molecule has 4 saturated heterocycles. The van der Waals surface area contributed by atoms with Gasteiger partial charge in [-0.3, -0.25) is 14.5 Å². The van der Waals surface area contributed by atoms with Gasteiger partial charge in [0.05, 0.1) is 0 Å². The van der Waals surface area contributed by atoms with Gasteiger partial charge in [0.15, 0.2) is 0 Å². The average Bonchev–Trinajstić information content (AvgIpc) is 3.29. The molecule has 2 amide bonds. The van der Waals surface area contributed by atoms with Crippen molar-refractivity contribution in [1.82, 2.24) is 20.0 Å². The number of amides is 2. The van der Waals surface area contributed by atoms with Gasteiger partial charge in [0, 0.05) is 51.7 Å². The van der Waals surface area contributed by atoms with Crippen molar-refractivity contribution in [3.05, 3.63) is 0 Å². The van der Waals surface area contributed by atoms with E-state index in [2.05, 4.69) is 15.1 Å². The van der Waals surface area contributed by atoms with E-state index in [4.69, 9.17) is 0 Å². The number of carbonyl (C=O) groups excluding carboxylic acids is 2. The van der Waals surface area contributed by atoms with E-state index >= 15 is 0 Å². The van der Waals surface area contributed by atoms with Crippen molar-refractivity contribution in [2.24, 2.45) is 0 Å². The van der Waals surface area contributed by atoms with Gasteiger partial charge in [-0.1, -0.05) is 0 Å². The quantitative estimate of drug-likeness (QED) is 0.820. The van der Waals surface area contributed by atoms with E-state index in [-0.39, 0.29) is 11.4 Å². The Morgan fingerprint density at radius 3 is 2.27 bits per heavy atom. The van der Waals surface area contributed by atoms with E-state index in [1.807, 2.05) is 4.90 Å². The maximum absolute atomic E-state index is 13.4. The molecule has 4 rings (SSSR count). The Bertz CT molecular complexity index is 540. The third-order valence-electron chi connectivity index (χ3n) is 7.10. The van der Waals surface area contributed by atoms with Gasteiger partial charge in [0.2, 0.25) is 11.8 Å². The number of hydrogen-bond donors (Lipinski definition) is 1. The summed E-state index contributed by atoms with van der Waals surface area (Å²) in [7, 11) is 0. The van der Waals surface area contributed by atoms with E-state index in [1.54, 1.807) is 6.92 Å². The maximum Gasteiger partial charge on any atom is 0.243 e. The maximum atomic E-state index is 13.4. The fourth-order valence-corrected chi connectivity index (χ4v) is 5.68. The molecule has 26 heavy (non-hydrogen) atoms. The van der Waals surface area contributed by atoms with Gasteiger partial charge in [-0.05, 0) is 57.9 Å². The van der Waals surface area contributed by atoms with E-state index in [0.29, 0.717) is 18.0 Å². The van der Waals surface area contributed by atoms with Crippen LogP contribution >= 0.6 is 0 Å². The number of nitrogens with one attached hydrogen (secondary N) is 1. The molecule has 2 atom stereocenters. The molecule has 4 fully saturated rings. The van der Waals surface area contributed by atoms with Crippen LogP contribution in [0.2, 0.25) is 0 Å². The van der Waals surface area contributed by atoms with Crippen LogP contribution in [0.1, 0.15) is 58.3 Å². The largest absolute Gasteiger partial charge is 0.343 e. The van der Waals surface area contributed by atoms with Crippen LogP contribution in [0.4, 0.5) is 0 Å². The molecule has 6 heteroatoms. The Morgan fingerprint density at radius 1 is 0.885 bits per heavy atom. The van der Waals surface area contributed by atoms with E-state index in [0.717, 1.165) is 77.8 Å². The van der Waals surface area contributed by atoms with Crippen LogP contribution in [0.25, 0.3) is 0 Å². The average molecular weight is 363 g/mol. The summed E-state index contributed by atoms with van der Waals surface area (Å²) in [5.41, 5.74) is -0.236. The number of piperidine rings is 2. The summed E-state index contributed by atoms with van der Waals surface area (Å²) < 4.78 is 0. The monoisotopic (exact) mass is 362 g/mol. The van der Waals surface area contributed by atoms with Crippen molar-refractivity contribution in [2.45, 2.75) is 75.9 Å². The van der Waals surface area contributed by atoms with Crippen LogP contribution < -0.4 is 5.32 Å². The molecule has 0 aliphatic carbocycles. The second kappa shape index (κ2) is 7.47. The fourth-order valence-electron chi connectivity index (χ4n) is 5.68. The van der Waals surface area contributed by atoms with Crippen LogP contribution in [-0.4, -0.2) is 83.4 Å². The van der Waals surface area contributed by atoms with E-state index in [1.165, 1.54) is 12.8 Å². The van der Waals surface area contributed by atoms with Gasteiger partial charge in [-0.2, -0.15) is 0 Å². The predicted molar refractivity (Wildman–Crippen MR) is 101 cm³/mol. The molecule has 146 valence electrons. The molecule has 0 radical (unpaired) electrons. The van der Waals surface area contributed by atoms with Crippen LogP contribution in [-0.2, 0) is 9.59 Å². The number of likely N-dealkylation sites (tertiary alicyclic amines) is 2. The molecule has 0 aromatic rings. The van der Waals surface area contributed by atoms with Gasteiger partial charge in [-0.15, -0.1) is 0 Å². The van der Waals surface area contributed by atoms with Crippen molar-refractivity contribution in [2.75, 3.05) is 39.3 Å². The highest BCUT2D eigenvalue weighted by Gasteiger charge is 2.53. The molecule has 4 aliphatic heterocycles. The molecule has 4 aliphatic rings. The Kier molecular flexibility index (Phi) is 5.24. The van der Waals surface area contributed by atoms with Crippen molar-refractivity contribution >= 4 is 11.8 Å². The lowest BCUT2D eigenvalue weighted by molar-refractivity contribution is -0.144. The molecule has 0 spiro atoms. The molecule has 0 unspecified atom stereocenters. The second-order valence-corrected chi connectivity index (χ2v) is 8.78. The number of hydrogen-bond acceptors (Lipinski definition) is 4. The molecule has 6 nitrogen and oxygen atoms in total. The first-order valence-corrected chi connectivity index (χ1v) is 10.6. The Morgan fingerprint density at radius 2 is 1.58 bits per heavy atom. The molecule has 1 N–H and O–H groups in total. The third-order valence-corrected chi connectivity index (χ3v) is 7.10. The van der Waals surface area contributed by atoms with Crippen LogP contribution in [0, 0.1) is 0 Å². The van der Waals surface area contributed by atoms with Crippen molar-refractivity contribution in [3.8, 4) is 0 Å². The minimum atomic E-state index is -0.236. The summed E-state index contributed by atoms with van der Waals surface area (Å²) in [6.45, 7) is 7.37. The summed E-state index contributed by atoms with van der Waals surface area (Å²) in [5, 5.41) is 3.85. The normalized spacial score (nSPS) is 33.5. The zero-order valence-corrected chi connectivity index (χ0v) is 16.2. The molecule has 0 saturated carbocycles. The minimum Gasteiger partial charge on any atom is -0.343 e. The lowest BCUT2D eigenvalue weighted by Gasteiger charge is -2.42. The first-order chi connectivity index (χ1) is 12.6. The summed E-state index contributed by atoms with van der Waals surface area (Å²) in [6.07, 6.45) is 8.79. The van der Waals surface area contributed by atoms with Crippen molar-refractivity contribution < 1.29 is 9.59 Å². The lowest BCUT2D eigenvalue weighted by atomic mass is 9.84. The van der Waals surface area contributed by atoms with Gasteiger partial charge in [0.25, 0.3) is 0 Å². The summed E-state index contributed by atoms with van der Waals surface area (Å²) in [6, 6.07) is 0.893. The van der Waals surface area contributed by atoms with Crippen LogP contribution in [0.15, 0.2) is 0 Å². The summed E-state index contributed by atoms with van der Waals surface area (Å²) >= 11 is 0. The van der Waals surface area contributed by atoms with Gasteiger partial charge in [-0.25, -0.2) is 0 Å². The van der Waals surface area contributed by atoms with Crippen molar-refractivity contribution in [3.63, 3.8) is 0 Å². The van der Waals surface area contributed by atoms with Gasteiger partial charge < -0.3 is 15.1 Å². The Hall–Kier alpha value is -1.14.